The van der Waals surface area contributed by atoms with Gasteiger partial charge in [0.1, 0.15) is 16.8 Å². The van der Waals surface area contributed by atoms with Crippen LogP contribution in [0.2, 0.25) is 0 Å². The summed E-state index contributed by atoms with van der Waals surface area (Å²) in [5, 5.41) is 3.40. The van der Waals surface area contributed by atoms with Crippen LogP contribution in [-0.2, 0) is 17.9 Å². The van der Waals surface area contributed by atoms with Gasteiger partial charge in [-0.3, -0.25) is 0 Å². The Morgan fingerprint density at radius 2 is 1.45 bits per heavy atom. The first-order valence-electron chi connectivity index (χ1n) is 17.0. The molecule has 0 saturated carbocycles. The number of nitrogens with zero attached hydrogens (tertiary/aromatic N) is 3. The molecule has 0 aliphatic heterocycles. The summed E-state index contributed by atoms with van der Waals surface area (Å²) in [4.78, 5) is 5.20. The predicted octanol–water partition coefficient (Wildman–Crippen LogP) is 11.8. The van der Waals surface area contributed by atoms with E-state index in [1.165, 1.54) is 43.7 Å². The molecule has 3 heterocycles. The minimum atomic E-state index is -0.0743. The van der Waals surface area contributed by atoms with E-state index in [4.69, 9.17) is 9.40 Å². The normalized spacial score (nSPS) is 13.1. The molecule has 0 unspecified atom stereocenters. The van der Waals surface area contributed by atoms with Gasteiger partial charge in [-0.15, -0.1) is 11.3 Å². The summed E-state index contributed by atoms with van der Waals surface area (Å²) in [5.41, 5.74) is 12.8. The molecule has 7 aromatic rings. The SMILES string of the molecule is Cc1c(C(C)(C)C)cc2c(oc3c2ccc2sc(C(C)(C)C)nc23)c1-c1n(-c2c(C(C)C)cccc2C(C)C)c2ccccc2[n+]1C. The number of aryl methyl sites for hydroxylation is 1. The third-order valence-corrected chi connectivity index (χ3v) is 11.2. The fourth-order valence-electron chi connectivity index (χ4n) is 7.41. The lowest BCUT2D eigenvalue weighted by atomic mass is 9.81. The molecule has 5 heteroatoms. The van der Waals surface area contributed by atoms with Gasteiger partial charge in [-0.05, 0) is 65.6 Å². The second-order valence-corrected chi connectivity index (χ2v) is 17.0. The van der Waals surface area contributed by atoms with Crippen LogP contribution >= 0.6 is 11.3 Å². The van der Waals surface area contributed by atoms with E-state index in [2.05, 4.69) is 153 Å². The van der Waals surface area contributed by atoms with Crippen LogP contribution in [0, 0.1) is 6.92 Å². The lowest BCUT2D eigenvalue weighted by molar-refractivity contribution is -0.633. The van der Waals surface area contributed by atoms with Crippen LogP contribution in [0.3, 0.4) is 0 Å². The molecule has 0 fully saturated rings. The quantitative estimate of drug-likeness (QED) is 0.179. The van der Waals surface area contributed by atoms with Crippen LogP contribution in [0.1, 0.15) is 108 Å². The molecule has 7 rings (SSSR count). The molecule has 242 valence electrons. The molecule has 0 radical (unpaired) electrons. The maximum absolute atomic E-state index is 7.14. The van der Waals surface area contributed by atoms with Crippen LogP contribution in [0.25, 0.3) is 60.3 Å². The van der Waals surface area contributed by atoms with Crippen molar-refractivity contribution in [2.24, 2.45) is 7.05 Å². The van der Waals surface area contributed by atoms with E-state index in [1.807, 2.05) is 0 Å². The molecule has 0 N–H and O–H groups in total. The zero-order chi connectivity index (χ0) is 33.7. The lowest BCUT2D eigenvalue weighted by Crippen LogP contribution is -2.31. The molecular weight excluding hydrogens is 595 g/mol. The molecule has 0 aliphatic rings. The van der Waals surface area contributed by atoms with Crippen LogP contribution in [-0.4, -0.2) is 9.55 Å². The maximum atomic E-state index is 7.14. The van der Waals surface area contributed by atoms with E-state index >= 15 is 0 Å². The Hall–Kier alpha value is -3.96. The fraction of sp³-hybridized carbons (Fsp3) is 0.381. The summed E-state index contributed by atoms with van der Waals surface area (Å²) in [6.07, 6.45) is 0. The van der Waals surface area contributed by atoms with E-state index < -0.39 is 0 Å². The van der Waals surface area contributed by atoms with Gasteiger partial charge in [0.25, 0.3) is 5.82 Å². The van der Waals surface area contributed by atoms with Gasteiger partial charge >= 0.3 is 0 Å². The average Bonchev–Trinajstić information content (AvgIpc) is 3.68. The number of benzene rings is 4. The first kappa shape index (κ1) is 31.6. The van der Waals surface area contributed by atoms with E-state index in [-0.39, 0.29) is 10.8 Å². The molecule has 0 spiro atoms. The number of thiazole rings is 1. The highest BCUT2D eigenvalue weighted by Crippen LogP contribution is 2.46. The molecule has 3 aromatic heterocycles. The standard InChI is InChI=1S/C42H48N3OS/c1-23(2)26-16-15-17-27(24(3)4)36(26)45-32-19-14-13-18-31(32)44(12)39(45)34-25(5)30(41(6,7)8)22-29-28-20-21-33-35(38(28)46-37(29)34)43-40(47-33)42(9,10)11/h13-24H,1-12H3/q+1. The van der Waals surface area contributed by atoms with Crippen LogP contribution in [0.5, 0.6) is 0 Å². The Bertz CT molecular complexity index is 2320. The van der Waals surface area contributed by atoms with E-state index in [0.29, 0.717) is 11.8 Å². The number of rotatable bonds is 4. The van der Waals surface area contributed by atoms with E-state index in [0.717, 1.165) is 43.9 Å². The second kappa shape index (κ2) is 10.8. The molecule has 0 aliphatic carbocycles. The van der Waals surface area contributed by atoms with Crippen molar-refractivity contribution < 1.29 is 8.98 Å². The first-order valence-corrected chi connectivity index (χ1v) is 17.8. The van der Waals surface area contributed by atoms with Crippen LogP contribution < -0.4 is 4.57 Å². The van der Waals surface area contributed by atoms with Gasteiger partial charge < -0.3 is 4.42 Å². The molecule has 4 nitrogen and oxygen atoms in total. The van der Waals surface area contributed by atoms with Crippen molar-refractivity contribution in [3.8, 4) is 17.1 Å². The summed E-state index contributed by atoms with van der Waals surface area (Å²) in [6, 6.07) is 22.5. The van der Waals surface area contributed by atoms with Crippen molar-refractivity contribution in [3.05, 3.63) is 87.9 Å². The zero-order valence-electron chi connectivity index (χ0n) is 30.1. The monoisotopic (exact) mass is 642 g/mol. The lowest BCUT2D eigenvalue weighted by Gasteiger charge is -2.24. The average molecular weight is 643 g/mol. The maximum Gasteiger partial charge on any atom is 0.299 e. The molecular formula is C42H48N3OS+. The molecule has 0 saturated heterocycles. The Morgan fingerprint density at radius 3 is 2.06 bits per heavy atom. The summed E-state index contributed by atoms with van der Waals surface area (Å²) in [5.74, 6) is 1.84. The van der Waals surface area contributed by atoms with Crippen molar-refractivity contribution in [2.45, 2.75) is 98.8 Å². The summed E-state index contributed by atoms with van der Waals surface area (Å²) in [6.45, 7) is 25.2. The highest BCUT2D eigenvalue weighted by molar-refractivity contribution is 7.18. The van der Waals surface area contributed by atoms with Gasteiger partial charge in [0.2, 0.25) is 0 Å². The van der Waals surface area contributed by atoms with Crippen LogP contribution in [0.15, 0.2) is 65.1 Å². The first-order chi connectivity index (χ1) is 22.1. The largest absolute Gasteiger partial charge is 0.453 e. The van der Waals surface area contributed by atoms with Crippen molar-refractivity contribution >= 4 is 54.5 Å². The van der Waals surface area contributed by atoms with Gasteiger partial charge in [0.05, 0.1) is 16.8 Å². The van der Waals surface area contributed by atoms with Gasteiger partial charge in [-0.25, -0.2) is 9.55 Å². The van der Waals surface area contributed by atoms with E-state index in [1.54, 1.807) is 11.3 Å². The van der Waals surface area contributed by atoms with Gasteiger partial charge in [-0.1, -0.05) is 99.6 Å². The number of hydrogen-bond acceptors (Lipinski definition) is 3. The topological polar surface area (TPSA) is 34.8 Å². The smallest absolute Gasteiger partial charge is 0.299 e. The minimum absolute atomic E-state index is 0.0319. The number of hydrogen-bond donors (Lipinski definition) is 0. The molecule has 0 amide bonds. The number of fused-ring (bicyclic) bond motifs is 6. The van der Waals surface area contributed by atoms with Gasteiger partial charge in [0.15, 0.2) is 22.2 Å². The Balaban J connectivity index is 1.71. The molecule has 0 bridgehead atoms. The summed E-state index contributed by atoms with van der Waals surface area (Å²) >= 11 is 1.77. The Labute approximate surface area is 283 Å². The van der Waals surface area contributed by atoms with E-state index in [9.17, 15) is 0 Å². The van der Waals surface area contributed by atoms with Crippen molar-refractivity contribution in [1.29, 1.82) is 0 Å². The number of para-hydroxylation sites is 3. The fourth-order valence-corrected chi connectivity index (χ4v) is 8.43. The third kappa shape index (κ3) is 4.84. The molecule has 47 heavy (non-hydrogen) atoms. The van der Waals surface area contributed by atoms with Crippen LogP contribution in [0.4, 0.5) is 0 Å². The highest BCUT2D eigenvalue weighted by atomic mass is 32.1. The number of aromatic nitrogens is 3. The molecule has 4 aromatic carbocycles. The second-order valence-electron chi connectivity index (χ2n) is 16.0. The van der Waals surface area contributed by atoms with Crippen molar-refractivity contribution in [1.82, 2.24) is 9.55 Å². The van der Waals surface area contributed by atoms with Gasteiger partial charge in [0, 0.05) is 27.3 Å². The highest BCUT2D eigenvalue weighted by Gasteiger charge is 2.36. The summed E-state index contributed by atoms with van der Waals surface area (Å²) < 4.78 is 13.2. The van der Waals surface area contributed by atoms with Gasteiger partial charge in [-0.2, -0.15) is 4.57 Å². The number of imidazole rings is 1. The predicted molar refractivity (Wildman–Crippen MR) is 201 cm³/mol. The minimum Gasteiger partial charge on any atom is -0.453 e. The number of furan rings is 1. The third-order valence-electron chi connectivity index (χ3n) is 9.80. The van der Waals surface area contributed by atoms with Crippen molar-refractivity contribution in [3.63, 3.8) is 0 Å². The van der Waals surface area contributed by atoms with Crippen molar-refractivity contribution in [2.75, 3.05) is 0 Å². The Morgan fingerprint density at radius 1 is 0.787 bits per heavy atom. The zero-order valence-corrected chi connectivity index (χ0v) is 30.9. The summed E-state index contributed by atoms with van der Waals surface area (Å²) in [7, 11) is 2.22. The molecule has 0 atom stereocenters. The Kier molecular flexibility index (Phi) is 7.26.